The summed E-state index contributed by atoms with van der Waals surface area (Å²) in [5.41, 5.74) is 3.40. The lowest BCUT2D eigenvalue weighted by Crippen LogP contribution is -2.38. The minimum Gasteiger partial charge on any atom is -0.352 e. The number of pyridine rings is 1. The highest BCUT2D eigenvalue weighted by molar-refractivity contribution is 5.94. The lowest BCUT2D eigenvalue weighted by Gasteiger charge is -2.32. The highest BCUT2D eigenvalue weighted by atomic mass is 19.1. The first kappa shape index (κ1) is 20.9. The standard InChI is InChI=1S/C24H26FN5O/c1-16(2)28-24-27-15-21(17-6-10-26-11-7-17)22(29-24)18-8-12-30(13-9-18)23(31)19-4-3-5-20(25)14-19/h3-7,10-11,14-16,18H,8-9,12-13H2,1-2H3,(H,27,28,29). The maximum absolute atomic E-state index is 13.5. The van der Waals surface area contributed by atoms with Gasteiger partial charge in [-0.15, -0.1) is 0 Å². The Morgan fingerprint density at radius 2 is 1.90 bits per heavy atom. The zero-order chi connectivity index (χ0) is 21.8. The third kappa shape index (κ3) is 4.87. The van der Waals surface area contributed by atoms with Gasteiger partial charge in [0.15, 0.2) is 0 Å². The summed E-state index contributed by atoms with van der Waals surface area (Å²) in [5, 5.41) is 3.28. The second-order valence-electron chi connectivity index (χ2n) is 8.10. The lowest BCUT2D eigenvalue weighted by molar-refractivity contribution is 0.0711. The number of carbonyl (C=O) groups is 1. The van der Waals surface area contributed by atoms with Gasteiger partial charge in [-0.2, -0.15) is 0 Å². The number of hydrogen-bond acceptors (Lipinski definition) is 5. The molecule has 1 fully saturated rings. The van der Waals surface area contributed by atoms with Crippen LogP contribution in [0.4, 0.5) is 10.3 Å². The Morgan fingerprint density at radius 1 is 1.16 bits per heavy atom. The Balaban J connectivity index is 1.56. The highest BCUT2D eigenvalue weighted by Gasteiger charge is 2.28. The molecule has 2 aromatic heterocycles. The van der Waals surface area contributed by atoms with E-state index in [4.69, 9.17) is 4.98 Å². The van der Waals surface area contributed by atoms with E-state index in [1.807, 2.05) is 18.3 Å². The Morgan fingerprint density at radius 3 is 2.58 bits per heavy atom. The normalized spacial score (nSPS) is 14.6. The van der Waals surface area contributed by atoms with Crippen LogP contribution in [0.1, 0.15) is 48.7 Å². The van der Waals surface area contributed by atoms with E-state index in [-0.39, 0.29) is 17.9 Å². The van der Waals surface area contributed by atoms with Gasteiger partial charge in [0.1, 0.15) is 5.82 Å². The molecule has 0 bridgehead atoms. The zero-order valence-corrected chi connectivity index (χ0v) is 17.8. The van der Waals surface area contributed by atoms with Crippen LogP contribution in [0.15, 0.2) is 55.0 Å². The number of benzene rings is 1. The van der Waals surface area contributed by atoms with Crippen LogP contribution in [0.25, 0.3) is 11.1 Å². The van der Waals surface area contributed by atoms with Gasteiger partial charge < -0.3 is 10.2 Å². The van der Waals surface area contributed by atoms with E-state index < -0.39 is 5.82 Å². The minimum atomic E-state index is -0.395. The van der Waals surface area contributed by atoms with Crippen molar-refractivity contribution in [3.05, 3.63) is 72.1 Å². The number of carbonyl (C=O) groups excluding carboxylic acids is 1. The van der Waals surface area contributed by atoms with Crippen LogP contribution in [-0.2, 0) is 0 Å². The van der Waals surface area contributed by atoms with Crippen molar-refractivity contribution in [2.45, 2.75) is 38.6 Å². The van der Waals surface area contributed by atoms with Gasteiger partial charge in [-0.25, -0.2) is 14.4 Å². The van der Waals surface area contributed by atoms with E-state index in [1.54, 1.807) is 29.4 Å². The molecule has 1 amide bonds. The topological polar surface area (TPSA) is 71.0 Å². The molecule has 31 heavy (non-hydrogen) atoms. The SMILES string of the molecule is CC(C)Nc1ncc(-c2ccncc2)c(C2CCN(C(=O)c3cccc(F)c3)CC2)n1. The van der Waals surface area contributed by atoms with Gasteiger partial charge in [0.25, 0.3) is 5.91 Å². The summed E-state index contributed by atoms with van der Waals surface area (Å²) in [4.78, 5) is 28.0. The number of nitrogens with one attached hydrogen (secondary N) is 1. The summed E-state index contributed by atoms with van der Waals surface area (Å²) in [6.07, 6.45) is 6.97. The summed E-state index contributed by atoms with van der Waals surface area (Å²) in [7, 11) is 0. The average Bonchev–Trinajstić information content (AvgIpc) is 2.79. The van der Waals surface area contributed by atoms with Crippen molar-refractivity contribution in [2.75, 3.05) is 18.4 Å². The second-order valence-corrected chi connectivity index (χ2v) is 8.10. The fourth-order valence-corrected chi connectivity index (χ4v) is 3.95. The Labute approximate surface area is 181 Å². The maximum atomic E-state index is 13.5. The quantitative estimate of drug-likeness (QED) is 0.659. The van der Waals surface area contributed by atoms with E-state index in [1.165, 1.54) is 12.1 Å². The highest BCUT2D eigenvalue weighted by Crippen LogP contribution is 2.34. The molecule has 6 nitrogen and oxygen atoms in total. The van der Waals surface area contributed by atoms with Gasteiger partial charge in [0.05, 0.1) is 5.69 Å². The molecule has 4 rings (SSSR count). The van der Waals surface area contributed by atoms with Crippen molar-refractivity contribution >= 4 is 11.9 Å². The summed E-state index contributed by atoms with van der Waals surface area (Å²) >= 11 is 0. The number of nitrogens with zero attached hydrogens (tertiary/aromatic N) is 4. The van der Waals surface area contributed by atoms with Crippen LogP contribution in [0.5, 0.6) is 0 Å². The number of aromatic nitrogens is 3. The summed E-state index contributed by atoms with van der Waals surface area (Å²) < 4.78 is 13.5. The average molecular weight is 420 g/mol. The predicted molar refractivity (Wildman–Crippen MR) is 118 cm³/mol. The van der Waals surface area contributed by atoms with Gasteiger partial charge in [-0.3, -0.25) is 9.78 Å². The maximum Gasteiger partial charge on any atom is 0.253 e. The fraction of sp³-hybridized carbons (Fsp3) is 0.333. The van der Waals surface area contributed by atoms with E-state index in [0.29, 0.717) is 24.6 Å². The van der Waals surface area contributed by atoms with E-state index >= 15 is 0 Å². The lowest BCUT2D eigenvalue weighted by atomic mass is 9.89. The molecule has 160 valence electrons. The number of hydrogen-bond donors (Lipinski definition) is 1. The Hall–Kier alpha value is -3.35. The van der Waals surface area contributed by atoms with Crippen LogP contribution in [0.2, 0.25) is 0 Å². The Kier molecular flexibility index (Phi) is 6.21. The van der Waals surface area contributed by atoms with E-state index in [9.17, 15) is 9.18 Å². The Bertz CT molecular complexity index is 1050. The van der Waals surface area contributed by atoms with Gasteiger partial charge in [0.2, 0.25) is 5.95 Å². The number of halogens is 1. The number of amides is 1. The number of piperidine rings is 1. The molecule has 3 aromatic rings. The first-order valence-electron chi connectivity index (χ1n) is 10.6. The van der Waals surface area contributed by atoms with Crippen LogP contribution in [0.3, 0.4) is 0 Å². The molecule has 1 aliphatic rings. The second kappa shape index (κ2) is 9.20. The number of likely N-dealkylation sites (tertiary alicyclic amines) is 1. The molecular weight excluding hydrogens is 393 g/mol. The van der Waals surface area contributed by atoms with Gasteiger partial charge in [0, 0.05) is 54.8 Å². The molecule has 0 spiro atoms. The van der Waals surface area contributed by atoms with Crippen molar-refractivity contribution in [1.29, 1.82) is 0 Å². The summed E-state index contributed by atoms with van der Waals surface area (Å²) in [6, 6.07) is 10.0. The molecule has 0 aliphatic carbocycles. The van der Waals surface area contributed by atoms with E-state index in [2.05, 4.69) is 29.1 Å². The van der Waals surface area contributed by atoms with Crippen LogP contribution < -0.4 is 5.32 Å². The fourth-order valence-electron chi connectivity index (χ4n) is 3.95. The number of rotatable bonds is 5. The smallest absolute Gasteiger partial charge is 0.253 e. The molecule has 7 heteroatoms. The molecule has 1 aromatic carbocycles. The van der Waals surface area contributed by atoms with Crippen LogP contribution >= 0.6 is 0 Å². The molecule has 0 atom stereocenters. The van der Waals surface area contributed by atoms with Crippen molar-refractivity contribution in [3.8, 4) is 11.1 Å². The third-order valence-electron chi connectivity index (χ3n) is 5.47. The van der Waals surface area contributed by atoms with Crippen molar-refractivity contribution in [3.63, 3.8) is 0 Å². The third-order valence-corrected chi connectivity index (χ3v) is 5.47. The monoisotopic (exact) mass is 419 g/mol. The molecular formula is C24H26FN5O. The van der Waals surface area contributed by atoms with E-state index in [0.717, 1.165) is 29.7 Å². The van der Waals surface area contributed by atoms with Crippen LogP contribution in [-0.4, -0.2) is 44.9 Å². The first-order valence-corrected chi connectivity index (χ1v) is 10.6. The van der Waals surface area contributed by atoms with Crippen molar-refractivity contribution < 1.29 is 9.18 Å². The van der Waals surface area contributed by atoms with Crippen molar-refractivity contribution in [1.82, 2.24) is 19.9 Å². The van der Waals surface area contributed by atoms with Gasteiger partial charge in [-0.1, -0.05) is 6.07 Å². The molecule has 1 N–H and O–H groups in total. The molecule has 0 unspecified atom stereocenters. The van der Waals surface area contributed by atoms with Crippen LogP contribution in [0, 0.1) is 5.82 Å². The molecule has 0 saturated carbocycles. The summed E-state index contributed by atoms with van der Waals surface area (Å²) in [5.74, 6) is 0.294. The largest absolute Gasteiger partial charge is 0.352 e. The van der Waals surface area contributed by atoms with Gasteiger partial charge in [-0.05, 0) is 62.6 Å². The zero-order valence-electron chi connectivity index (χ0n) is 17.8. The number of anilines is 1. The van der Waals surface area contributed by atoms with Gasteiger partial charge >= 0.3 is 0 Å². The van der Waals surface area contributed by atoms with Crippen molar-refractivity contribution in [2.24, 2.45) is 0 Å². The molecule has 0 radical (unpaired) electrons. The summed E-state index contributed by atoms with van der Waals surface area (Å²) in [6.45, 7) is 5.31. The first-order chi connectivity index (χ1) is 15.0. The molecule has 3 heterocycles. The molecule has 1 aliphatic heterocycles. The molecule has 1 saturated heterocycles. The minimum absolute atomic E-state index is 0.128. The predicted octanol–water partition coefficient (Wildman–Crippen LogP) is 4.52.